The van der Waals surface area contributed by atoms with Crippen LogP contribution in [0.3, 0.4) is 0 Å². The van der Waals surface area contributed by atoms with E-state index in [1.807, 2.05) is 58.0 Å². The molecule has 5 heteroatoms. The first-order valence-corrected chi connectivity index (χ1v) is 7.73. The van der Waals surface area contributed by atoms with Gasteiger partial charge in [0.05, 0.1) is 5.69 Å². The van der Waals surface area contributed by atoms with Crippen LogP contribution < -0.4 is 10.3 Å². The molecule has 3 aromatic rings. The van der Waals surface area contributed by atoms with E-state index >= 15 is 0 Å². The highest BCUT2D eigenvalue weighted by Gasteiger charge is 2.13. The number of rotatable bonds is 3. The fourth-order valence-corrected chi connectivity index (χ4v) is 2.73. The third-order valence-corrected chi connectivity index (χ3v) is 4.05. The minimum absolute atomic E-state index is 0. The van der Waals surface area contributed by atoms with E-state index in [1.54, 1.807) is 6.20 Å². The Morgan fingerprint density at radius 3 is 2.48 bits per heavy atom. The zero-order valence-corrected chi connectivity index (χ0v) is 14.2. The second kappa shape index (κ2) is 7.30. The predicted molar refractivity (Wildman–Crippen MR) is 100 cm³/mol. The molecule has 130 valence electrons. The fourth-order valence-electron chi connectivity index (χ4n) is 2.73. The molecule has 0 amide bonds. The Labute approximate surface area is 147 Å². The normalized spacial score (nSPS) is 10.2. The van der Waals surface area contributed by atoms with Crippen molar-refractivity contribution in [3.05, 3.63) is 69.3 Å². The van der Waals surface area contributed by atoms with Crippen molar-refractivity contribution in [3.63, 3.8) is 0 Å². The number of pyridine rings is 1. The summed E-state index contributed by atoms with van der Waals surface area (Å²) < 4.78 is 5.87. The Kier molecular flexibility index (Phi) is 5.37. The average Bonchev–Trinajstić information content (AvgIpc) is 2.55. The van der Waals surface area contributed by atoms with Gasteiger partial charge >= 0.3 is 0 Å². The van der Waals surface area contributed by atoms with Gasteiger partial charge in [-0.25, -0.2) is 10.1 Å². The molecule has 0 saturated heterocycles. The smallest absolute Gasteiger partial charge is 0.267 e. The van der Waals surface area contributed by atoms with Crippen molar-refractivity contribution < 1.29 is 4.74 Å². The number of ether oxygens (including phenoxy) is 1. The molecular formula is C20H23N3O2. The molecule has 25 heavy (non-hydrogen) atoms. The van der Waals surface area contributed by atoms with E-state index in [1.165, 1.54) is 0 Å². The van der Waals surface area contributed by atoms with Gasteiger partial charge in [-0.05, 0) is 57.0 Å². The second-order valence-electron chi connectivity index (χ2n) is 5.84. The lowest BCUT2D eigenvalue weighted by Crippen LogP contribution is -2.14. The van der Waals surface area contributed by atoms with Gasteiger partial charge in [0.1, 0.15) is 5.75 Å². The summed E-state index contributed by atoms with van der Waals surface area (Å²) in [4.78, 5) is 16.1. The number of nitrogens with zero attached hydrogens (tertiary/aromatic N) is 2. The molecule has 2 aromatic heterocycles. The number of nitrogens with one attached hydrogen (secondary N) is 1. The molecular weight excluding hydrogens is 314 g/mol. The summed E-state index contributed by atoms with van der Waals surface area (Å²) in [6.07, 6.45) is 1.71. The van der Waals surface area contributed by atoms with Gasteiger partial charge in [-0.3, -0.25) is 4.79 Å². The first-order valence-electron chi connectivity index (χ1n) is 7.73. The second-order valence-corrected chi connectivity index (χ2v) is 5.84. The van der Waals surface area contributed by atoms with E-state index in [9.17, 15) is 4.79 Å². The van der Waals surface area contributed by atoms with Crippen LogP contribution in [0.1, 0.15) is 29.8 Å². The third kappa shape index (κ3) is 3.60. The lowest BCUT2D eigenvalue weighted by Gasteiger charge is -2.13. The molecule has 2 heterocycles. The Morgan fingerprint density at radius 1 is 1.04 bits per heavy atom. The Bertz CT molecular complexity index is 961. The van der Waals surface area contributed by atoms with Crippen LogP contribution in [-0.4, -0.2) is 15.2 Å². The van der Waals surface area contributed by atoms with Crippen LogP contribution in [0.5, 0.6) is 11.6 Å². The number of aromatic amines is 1. The largest absolute Gasteiger partial charge is 0.439 e. The number of hydrogen-bond acceptors (Lipinski definition) is 4. The fraction of sp³-hybridized carbons (Fsp3) is 0.250. The number of aryl methyl sites for hydroxylation is 3. The summed E-state index contributed by atoms with van der Waals surface area (Å²) in [5.41, 5.74) is 5.14. The van der Waals surface area contributed by atoms with E-state index in [0.29, 0.717) is 17.2 Å². The maximum Gasteiger partial charge on any atom is 0.267 e. The van der Waals surface area contributed by atoms with Crippen LogP contribution in [-0.2, 0) is 0 Å². The molecule has 0 saturated carbocycles. The van der Waals surface area contributed by atoms with Crippen LogP contribution in [0.2, 0.25) is 0 Å². The maximum atomic E-state index is 11.9. The van der Waals surface area contributed by atoms with Crippen LogP contribution in [0.4, 0.5) is 0 Å². The Morgan fingerprint density at radius 2 is 1.80 bits per heavy atom. The summed E-state index contributed by atoms with van der Waals surface area (Å²) in [5.74, 6) is 1.31. The van der Waals surface area contributed by atoms with E-state index in [-0.39, 0.29) is 13.0 Å². The quantitative estimate of drug-likeness (QED) is 0.764. The average molecular weight is 337 g/mol. The molecule has 1 N–H and O–H groups in total. The van der Waals surface area contributed by atoms with E-state index in [4.69, 9.17) is 4.74 Å². The zero-order valence-electron chi connectivity index (χ0n) is 14.2. The molecule has 1 aromatic carbocycles. The van der Waals surface area contributed by atoms with Crippen molar-refractivity contribution in [1.29, 1.82) is 0 Å². The molecule has 0 unspecified atom stereocenters. The van der Waals surface area contributed by atoms with Crippen molar-refractivity contribution >= 4 is 0 Å². The number of aromatic nitrogens is 3. The molecule has 5 nitrogen and oxygen atoms in total. The van der Waals surface area contributed by atoms with Gasteiger partial charge in [-0.15, -0.1) is 0 Å². The number of hydrogen-bond donors (Lipinski definition) is 1. The molecule has 0 aliphatic heterocycles. The first kappa shape index (κ1) is 18.4. The highest BCUT2D eigenvalue weighted by molar-refractivity contribution is 5.72. The minimum atomic E-state index is -0.167. The summed E-state index contributed by atoms with van der Waals surface area (Å²) in [7, 11) is 0. The van der Waals surface area contributed by atoms with E-state index in [0.717, 1.165) is 27.9 Å². The van der Waals surface area contributed by atoms with Crippen molar-refractivity contribution in [1.82, 2.24) is 15.2 Å². The van der Waals surface area contributed by atoms with Crippen LogP contribution in [0.15, 0.2) is 41.3 Å². The van der Waals surface area contributed by atoms with Gasteiger partial charge in [-0.2, -0.15) is 5.10 Å². The van der Waals surface area contributed by atoms with Gasteiger partial charge in [0, 0.05) is 22.9 Å². The highest BCUT2D eigenvalue weighted by atomic mass is 16.5. The first-order chi connectivity index (χ1) is 11.5. The lowest BCUT2D eigenvalue weighted by atomic mass is 9.96. The standard InChI is InChI=1S/C19H19N3O2.CH4/c1-11-6-5-9-20-19(11)24-15-7-8-16(12(2)10-15)17-13(3)18(23)22-21-14(17)4;/h5-10H,1-4H3,(H,22,23);1H4. The summed E-state index contributed by atoms with van der Waals surface area (Å²) >= 11 is 0. The Hall–Kier alpha value is -2.95. The number of H-pyrrole nitrogens is 1. The maximum absolute atomic E-state index is 11.9. The van der Waals surface area contributed by atoms with Gasteiger partial charge in [0.25, 0.3) is 5.56 Å². The van der Waals surface area contributed by atoms with Gasteiger partial charge in [-0.1, -0.05) is 19.6 Å². The van der Waals surface area contributed by atoms with Crippen LogP contribution >= 0.6 is 0 Å². The Balaban J connectivity index is 0.00000225. The van der Waals surface area contributed by atoms with Gasteiger partial charge in [0.15, 0.2) is 0 Å². The molecule has 3 rings (SSSR count). The SMILES string of the molecule is C.Cc1cc(Oc2ncccc2C)ccc1-c1c(C)n[nH]c(=O)c1C. The molecule has 0 aliphatic rings. The van der Waals surface area contributed by atoms with Gasteiger partial charge in [0.2, 0.25) is 5.88 Å². The third-order valence-electron chi connectivity index (χ3n) is 4.05. The summed E-state index contributed by atoms with van der Waals surface area (Å²) in [5, 5.41) is 6.59. The minimum Gasteiger partial charge on any atom is -0.439 e. The monoisotopic (exact) mass is 337 g/mol. The molecule has 0 atom stereocenters. The van der Waals surface area contributed by atoms with Crippen molar-refractivity contribution in [2.45, 2.75) is 35.1 Å². The van der Waals surface area contributed by atoms with Crippen molar-refractivity contribution in [2.75, 3.05) is 0 Å². The summed E-state index contributed by atoms with van der Waals surface area (Å²) in [6, 6.07) is 9.62. The molecule has 0 spiro atoms. The summed E-state index contributed by atoms with van der Waals surface area (Å²) in [6.45, 7) is 7.65. The lowest BCUT2D eigenvalue weighted by molar-refractivity contribution is 0.458. The van der Waals surface area contributed by atoms with Crippen LogP contribution in [0.25, 0.3) is 11.1 Å². The van der Waals surface area contributed by atoms with Crippen molar-refractivity contribution in [2.24, 2.45) is 0 Å². The van der Waals surface area contributed by atoms with Crippen molar-refractivity contribution in [3.8, 4) is 22.8 Å². The van der Waals surface area contributed by atoms with Gasteiger partial charge < -0.3 is 4.74 Å². The van der Waals surface area contributed by atoms with Crippen LogP contribution in [0, 0.1) is 27.7 Å². The molecule has 0 fully saturated rings. The molecule has 0 bridgehead atoms. The zero-order chi connectivity index (χ0) is 17.3. The van der Waals surface area contributed by atoms with E-state index < -0.39 is 0 Å². The molecule has 0 aliphatic carbocycles. The highest BCUT2D eigenvalue weighted by Crippen LogP contribution is 2.31. The predicted octanol–water partition coefficient (Wildman–Crippen LogP) is 4.49. The van der Waals surface area contributed by atoms with E-state index in [2.05, 4.69) is 15.2 Å². The topological polar surface area (TPSA) is 67.9 Å². The number of benzene rings is 1. The molecule has 0 radical (unpaired) electrons.